The number of hydrogen-bond acceptors (Lipinski definition) is 1. The van der Waals surface area contributed by atoms with Crippen molar-refractivity contribution in [2.45, 2.75) is 44.6 Å². The second kappa shape index (κ2) is 5.32. The van der Waals surface area contributed by atoms with Crippen LogP contribution in [-0.4, -0.2) is 23.4 Å². The normalized spacial score (nSPS) is 23.4. The molecule has 102 valence electrons. The van der Waals surface area contributed by atoms with Crippen LogP contribution >= 0.6 is 0 Å². The van der Waals surface area contributed by atoms with Crippen LogP contribution in [0.5, 0.6) is 0 Å². The Morgan fingerprint density at radius 1 is 1.16 bits per heavy atom. The summed E-state index contributed by atoms with van der Waals surface area (Å²) >= 11 is 0. The number of benzene rings is 1. The molecule has 0 bridgehead atoms. The predicted molar refractivity (Wildman–Crippen MR) is 72.2 cm³/mol. The molecule has 1 saturated carbocycles. The van der Waals surface area contributed by atoms with Crippen molar-refractivity contribution >= 4 is 5.91 Å². The van der Waals surface area contributed by atoms with Crippen molar-refractivity contribution in [1.29, 1.82) is 0 Å². The summed E-state index contributed by atoms with van der Waals surface area (Å²) in [6, 6.07) is 6.99. The van der Waals surface area contributed by atoms with Crippen LogP contribution in [0.2, 0.25) is 0 Å². The monoisotopic (exact) mass is 261 g/mol. The van der Waals surface area contributed by atoms with Crippen molar-refractivity contribution in [1.82, 2.24) is 4.90 Å². The van der Waals surface area contributed by atoms with Gasteiger partial charge in [0.1, 0.15) is 5.82 Å². The molecule has 1 saturated heterocycles. The van der Waals surface area contributed by atoms with Gasteiger partial charge in [-0.3, -0.25) is 4.79 Å². The Morgan fingerprint density at radius 3 is 2.53 bits per heavy atom. The highest BCUT2D eigenvalue weighted by atomic mass is 19.1. The van der Waals surface area contributed by atoms with E-state index < -0.39 is 0 Å². The van der Waals surface area contributed by atoms with Crippen molar-refractivity contribution < 1.29 is 9.18 Å². The van der Waals surface area contributed by atoms with Crippen LogP contribution in [0.4, 0.5) is 4.39 Å². The highest BCUT2D eigenvalue weighted by Gasteiger charge is 2.35. The maximum absolute atomic E-state index is 12.9. The minimum absolute atomic E-state index is 0.197. The molecule has 1 atom stereocenters. The number of carbonyl (C=O) groups excluding carboxylic acids is 1. The Kier molecular flexibility index (Phi) is 3.54. The quantitative estimate of drug-likeness (QED) is 0.818. The molecule has 2 fully saturated rings. The third kappa shape index (κ3) is 2.65. The van der Waals surface area contributed by atoms with E-state index in [0.717, 1.165) is 44.2 Å². The summed E-state index contributed by atoms with van der Waals surface area (Å²) in [5.41, 5.74) is 1.12. The topological polar surface area (TPSA) is 20.3 Å². The van der Waals surface area contributed by atoms with Gasteiger partial charge in [-0.15, -0.1) is 0 Å². The average molecular weight is 261 g/mol. The molecule has 2 aliphatic rings. The molecule has 3 heteroatoms. The molecule has 0 spiro atoms. The van der Waals surface area contributed by atoms with Gasteiger partial charge in [-0.2, -0.15) is 0 Å². The molecule has 0 aromatic heterocycles. The van der Waals surface area contributed by atoms with E-state index in [1.165, 1.54) is 18.6 Å². The fourth-order valence-corrected chi connectivity index (χ4v) is 3.12. The smallest absolute Gasteiger partial charge is 0.225 e. The molecule has 1 aromatic rings. The first-order valence-electron chi connectivity index (χ1n) is 7.29. The lowest BCUT2D eigenvalue weighted by atomic mass is 9.84. The minimum Gasteiger partial charge on any atom is -0.339 e. The highest BCUT2D eigenvalue weighted by Crippen LogP contribution is 2.32. The van der Waals surface area contributed by atoms with Gasteiger partial charge in [-0.05, 0) is 49.8 Å². The van der Waals surface area contributed by atoms with Gasteiger partial charge < -0.3 is 4.90 Å². The highest BCUT2D eigenvalue weighted by molar-refractivity contribution is 5.80. The standard InChI is InChI=1S/C16H20FNO/c17-14-8-6-12(7-9-14)11-15-5-2-10-18(15)16(19)13-3-1-4-13/h6-9,13,15H,1-5,10-11H2. The Labute approximate surface area is 113 Å². The Hall–Kier alpha value is -1.38. The van der Waals surface area contributed by atoms with Crippen molar-refractivity contribution in [3.05, 3.63) is 35.6 Å². The van der Waals surface area contributed by atoms with Gasteiger partial charge in [0.05, 0.1) is 0 Å². The number of rotatable bonds is 3. The van der Waals surface area contributed by atoms with Crippen LogP contribution in [-0.2, 0) is 11.2 Å². The maximum atomic E-state index is 12.9. The molecular weight excluding hydrogens is 241 g/mol. The first-order chi connectivity index (χ1) is 9.24. The van der Waals surface area contributed by atoms with E-state index in [1.54, 1.807) is 0 Å². The van der Waals surface area contributed by atoms with Crippen LogP contribution < -0.4 is 0 Å². The summed E-state index contributed by atoms with van der Waals surface area (Å²) < 4.78 is 12.9. The minimum atomic E-state index is -0.197. The van der Waals surface area contributed by atoms with E-state index in [4.69, 9.17) is 0 Å². The average Bonchev–Trinajstić information content (AvgIpc) is 2.78. The van der Waals surface area contributed by atoms with Crippen LogP contribution in [0, 0.1) is 11.7 Å². The zero-order valence-electron chi connectivity index (χ0n) is 11.1. The van der Waals surface area contributed by atoms with E-state index in [-0.39, 0.29) is 11.7 Å². The van der Waals surface area contributed by atoms with E-state index in [9.17, 15) is 9.18 Å². The largest absolute Gasteiger partial charge is 0.339 e. The van der Waals surface area contributed by atoms with Gasteiger partial charge in [-0.1, -0.05) is 18.6 Å². The number of likely N-dealkylation sites (tertiary alicyclic amines) is 1. The fraction of sp³-hybridized carbons (Fsp3) is 0.562. The second-order valence-electron chi connectivity index (χ2n) is 5.79. The Bertz CT molecular complexity index is 452. The number of nitrogens with zero attached hydrogens (tertiary/aromatic N) is 1. The van der Waals surface area contributed by atoms with Gasteiger partial charge in [0.2, 0.25) is 5.91 Å². The first-order valence-corrected chi connectivity index (χ1v) is 7.29. The molecule has 1 heterocycles. The summed E-state index contributed by atoms with van der Waals surface area (Å²) in [4.78, 5) is 14.4. The predicted octanol–water partition coefficient (Wildman–Crippen LogP) is 3.16. The zero-order valence-corrected chi connectivity index (χ0v) is 11.1. The third-order valence-corrected chi connectivity index (χ3v) is 4.50. The summed E-state index contributed by atoms with van der Waals surface area (Å²) in [7, 11) is 0. The van der Waals surface area contributed by atoms with Crippen LogP contribution in [0.1, 0.15) is 37.7 Å². The SMILES string of the molecule is O=C(C1CCC1)N1CCCC1Cc1ccc(F)cc1. The van der Waals surface area contributed by atoms with E-state index in [0.29, 0.717) is 11.9 Å². The van der Waals surface area contributed by atoms with Gasteiger partial charge in [0, 0.05) is 18.5 Å². The summed E-state index contributed by atoms with van der Waals surface area (Å²) in [6.45, 7) is 0.904. The third-order valence-electron chi connectivity index (χ3n) is 4.50. The lowest BCUT2D eigenvalue weighted by Gasteiger charge is -2.33. The molecule has 1 aliphatic heterocycles. The number of halogens is 1. The molecule has 3 rings (SSSR count). The van der Waals surface area contributed by atoms with Crippen molar-refractivity contribution in [3.63, 3.8) is 0 Å². The molecule has 0 radical (unpaired) electrons. The molecule has 1 unspecified atom stereocenters. The van der Waals surface area contributed by atoms with E-state index in [2.05, 4.69) is 4.90 Å². The maximum Gasteiger partial charge on any atom is 0.225 e. The Morgan fingerprint density at radius 2 is 1.89 bits per heavy atom. The van der Waals surface area contributed by atoms with Gasteiger partial charge in [0.15, 0.2) is 0 Å². The second-order valence-corrected chi connectivity index (χ2v) is 5.79. The molecule has 2 nitrogen and oxygen atoms in total. The van der Waals surface area contributed by atoms with E-state index in [1.807, 2.05) is 12.1 Å². The fourth-order valence-electron chi connectivity index (χ4n) is 3.12. The number of carbonyl (C=O) groups is 1. The van der Waals surface area contributed by atoms with Crippen LogP contribution in [0.25, 0.3) is 0 Å². The summed E-state index contributed by atoms with van der Waals surface area (Å²) in [5, 5.41) is 0. The van der Waals surface area contributed by atoms with Gasteiger partial charge in [-0.25, -0.2) is 4.39 Å². The molecular formula is C16H20FNO. The van der Waals surface area contributed by atoms with Crippen LogP contribution in [0.3, 0.4) is 0 Å². The number of amides is 1. The lowest BCUT2D eigenvalue weighted by molar-refractivity contribution is -0.138. The molecule has 1 amide bonds. The zero-order chi connectivity index (χ0) is 13.2. The first kappa shape index (κ1) is 12.6. The summed E-state index contributed by atoms with van der Waals surface area (Å²) in [5.74, 6) is 0.447. The molecule has 1 aromatic carbocycles. The Balaban J connectivity index is 1.65. The van der Waals surface area contributed by atoms with Gasteiger partial charge >= 0.3 is 0 Å². The van der Waals surface area contributed by atoms with Crippen LogP contribution in [0.15, 0.2) is 24.3 Å². The van der Waals surface area contributed by atoms with Gasteiger partial charge in [0.25, 0.3) is 0 Å². The van der Waals surface area contributed by atoms with Crippen molar-refractivity contribution in [2.24, 2.45) is 5.92 Å². The molecule has 1 aliphatic carbocycles. The van der Waals surface area contributed by atoms with Crippen molar-refractivity contribution in [2.75, 3.05) is 6.54 Å². The van der Waals surface area contributed by atoms with E-state index >= 15 is 0 Å². The van der Waals surface area contributed by atoms with Crippen molar-refractivity contribution in [3.8, 4) is 0 Å². The summed E-state index contributed by atoms with van der Waals surface area (Å²) in [6.07, 6.45) is 6.38. The molecule has 19 heavy (non-hydrogen) atoms. The lowest BCUT2D eigenvalue weighted by Crippen LogP contribution is -2.42. The number of hydrogen-bond donors (Lipinski definition) is 0. The molecule has 0 N–H and O–H groups in total.